The highest BCUT2D eigenvalue weighted by Crippen LogP contribution is 1.91. The van der Waals surface area contributed by atoms with E-state index in [1.54, 1.807) is 13.8 Å². The molecule has 0 aromatic rings. The first-order valence-corrected chi connectivity index (χ1v) is 3.51. The second-order valence-corrected chi connectivity index (χ2v) is 1.77. The van der Waals surface area contributed by atoms with E-state index in [9.17, 15) is 9.59 Å². The van der Waals surface area contributed by atoms with Gasteiger partial charge >= 0.3 is 12.2 Å². The molecule has 6 heteroatoms. The van der Waals surface area contributed by atoms with Gasteiger partial charge in [0.1, 0.15) is 0 Å². The van der Waals surface area contributed by atoms with Gasteiger partial charge in [0.15, 0.2) is 0 Å². The number of hydrazine groups is 1. The van der Waals surface area contributed by atoms with Crippen molar-refractivity contribution >= 4 is 12.2 Å². The zero-order chi connectivity index (χ0) is 9.56. The standard InChI is InChI=1S/C6H12N2O4/c1-3-11-5(9)8(7)6(10)12-4-2/h3-4,7H2,1-2H3. The van der Waals surface area contributed by atoms with Crippen molar-refractivity contribution in [2.45, 2.75) is 13.8 Å². The van der Waals surface area contributed by atoms with Gasteiger partial charge in [0.05, 0.1) is 13.2 Å². The molecule has 0 saturated heterocycles. The van der Waals surface area contributed by atoms with Gasteiger partial charge in [-0.05, 0) is 13.8 Å². The Morgan fingerprint density at radius 1 is 1.17 bits per heavy atom. The molecule has 0 aliphatic rings. The zero-order valence-electron chi connectivity index (χ0n) is 7.07. The molecule has 2 amide bonds. The van der Waals surface area contributed by atoms with Crippen molar-refractivity contribution in [1.82, 2.24) is 5.01 Å². The zero-order valence-corrected chi connectivity index (χ0v) is 7.07. The summed E-state index contributed by atoms with van der Waals surface area (Å²) < 4.78 is 8.86. The molecule has 0 bridgehead atoms. The van der Waals surface area contributed by atoms with Crippen LogP contribution in [0, 0.1) is 0 Å². The van der Waals surface area contributed by atoms with Gasteiger partial charge in [-0.1, -0.05) is 0 Å². The van der Waals surface area contributed by atoms with Gasteiger partial charge < -0.3 is 9.47 Å². The van der Waals surface area contributed by atoms with Crippen LogP contribution in [0.2, 0.25) is 0 Å². The fourth-order valence-corrected chi connectivity index (χ4v) is 0.461. The van der Waals surface area contributed by atoms with Crippen molar-refractivity contribution in [3.63, 3.8) is 0 Å². The van der Waals surface area contributed by atoms with E-state index in [1.807, 2.05) is 0 Å². The monoisotopic (exact) mass is 176 g/mol. The SMILES string of the molecule is CCOC(=O)N(N)C(=O)OCC. The first kappa shape index (κ1) is 10.7. The fraction of sp³-hybridized carbons (Fsp3) is 0.667. The maximum Gasteiger partial charge on any atom is 0.434 e. The second kappa shape index (κ2) is 5.36. The Labute approximate surface area is 70.2 Å². The normalized spacial score (nSPS) is 8.92. The Bertz CT molecular complexity index is 153. The first-order chi connectivity index (χ1) is 5.63. The number of carbonyl (C=O) groups excluding carboxylic acids is 2. The largest absolute Gasteiger partial charge is 0.448 e. The number of imide groups is 1. The summed E-state index contributed by atoms with van der Waals surface area (Å²) in [5, 5.41) is 0.285. The van der Waals surface area contributed by atoms with Gasteiger partial charge in [-0.15, -0.1) is 5.01 Å². The van der Waals surface area contributed by atoms with E-state index in [2.05, 4.69) is 9.47 Å². The quantitative estimate of drug-likeness (QED) is 0.376. The summed E-state index contributed by atoms with van der Waals surface area (Å²) in [6.07, 6.45) is -1.84. The predicted octanol–water partition coefficient (Wildman–Crippen LogP) is 0.475. The van der Waals surface area contributed by atoms with Gasteiger partial charge in [0.25, 0.3) is 0 Å². The van der Waals surface area contributed by atoms with Crippen LogP contribution in [0.15, 0.2) is 0 Å². The van der Waals surface area contributed by atoms with E-state index >= 15 is 0 Å². The van der Waals surface area contributed by atoms with Crippen LogP contribution < -0.4 is 5.84 Å². The third-order valence-corrected chi connectivity index (χ3v) is 0.929. The van der Waals surface area contributed by atoms with Crippen LogP contribution in [0.25, 0.3) is 0 Å². The summed E-state index contributed by atoms with van der Waals surface area (Å²) in [5.41, 5.74) is 0. The van der Waals surface area contributed by atoms with Crippen LogP contribution in [-0.2, 0) is 9.47 Å². The third kappa shape index (κ3) is 3.20. The van der Waals surface area contributed by atoms with Crippen molar-refractivity contribution in [1.29, 1.82) is 0 Å². The summed E-state index contributed by atoms with van der Waals surface area (Å²) in [7, 11) is 0. The molecule has 0 heterocycles. The first-order valence-electron chi connectivity index (χ1n) is 3.51. The maximum absolute atomic E-state index is 10.7. The Hall–Kier alpha value is -1.30. The summed E-state index contributed by atoms with van der Waals surface area (Å²) in [5.74, 6) is 5.02. The number of ether oxygens (including phenoxy) is 2. The number of hydrogen-bond donors (Lipinski definition) is 1. The molecule has 0 saturated carbocycles. The molecule has 0 aromatic heterocycles. The highest BCUT2D eigenvalue weighted by atomic mass is 16.6. The molecule has 2 N–H and O–H groups in total. The van der Waals surface area contributed by atoms with Crippen molar-refractivity contribution in [2.24, 2.45) is 5.84 Å². The average molecular weight is 176 g/mol. The minimum Gasteiger partial charge on any atom is -0.448 e. The Morgan fingerprint density at radius 2 is 1.50 bits per heavy atom. The fourth-order valence-electron chi connectivity index (χ4n) is 0.461. The summed E-state index contributed by atoms with van der Waals surface area (Å²) in [6.45, 7) is 3.53. The van der Waals surface area contributed by atoms with Crippen LogP contribution >= 0.6 is 0 Å². The van der Waals surface area contributed by atoms with E-state index < -0.39 is 12.2 Å². The highest BCUT2D eigenvalue weighted by Gasteiger charge is 2.19. The number of nitrogens with zero attached hydrogens (tertiary/aromatic N) is 1. The third-order valence-electron chi connectivity index (χ3n) is 0.929. The summed E-state index contributed by atoms with van der Waals surface area (Å²) in [4.78, 5) is 21.5. The van der Waals surface area contributed by atoms with E-state index in [4.69, 9.17) is 5.84 Å². The molecule has 0 aromatic carbocycles. The molecule has 0 fully saturated rings. The Morgan fingerprint density at radius 3 is 1.75 bits per heavy atom. The Kier molecular flexibility index (Phi) is 4.78. The smallest absolute Gasteiger partial charge is 0.434 e. The number of rotatable bonds is 2. The summed E-state index contributed by atoms with van der Waals surface area (Å²) >= 11 is 0. The van der Waals surface area contributed by atoms with E-state index in [0.29, 0.717) is 0 Å². The Balaban J connectivity index is 3.91. The number of carbonyl (C=O) groups is 2. The lowest BCUT2D eigenvalue weighted by Gasteiger charge is -2.12. The van der Waals surface area contributed by atoms with Gasteiger partial charge in [-0.2, -0.15) is 0 Å². The van der Waals surface area contributed by atoms with Crippen molar-refractivity contribution in [3.8, 4) is 0 Å². The molecule has 0 aliphatic carbocycles. The lowest BCUT2D eigenvalue weighted by Crippen LogP contribution is -2.43. The molecular formula is C6H12N2O4. The van der Waals surface area contributed by atoms with Crippen LogP contribution in [0.3, 0.4) is 0 Å². The minimum atomic E-state index is -0.920. The molecule has 0 aliphatic heterocycles. The van der Waals surface area contributed by atoms with E-state index in [1.165, 1.54) is 0 Å². The molecule has 0 atom stereocenters. The van der Waals surface area contributed by atoms with Crippen molar-refractivity contribution in [3.05, 3.63) is 0 Å². The van der Waals surface area contributed by atoms with Gasteiger partial charge in [0, 0.05) is 0 Å². The van der Waals surface area contributed by atoms with Gasteiger partial charge in [-0.25, -0.2) is 15.4 Å². The van der Waals surface area contributed by atoms with Crippen molar-refractivity contribution < 1.29 is 19.1 Å². The number of nitrogens with two attached hydrogens (primary N) is 1. The lowest BCUT2D eigenvalue weighted by molar-refractivity contribution is 0.0814. The second-order valence-electron chi connectivity index (χ2n) is 1.77. The molecule has 0 rings (SSSR count). The molecule has 12 heavy (non-hydrogen) atoms. The van der Waals surface area contributed by atoms with Crippen LogP contribution in [0.1, 0.15) is 13.8 Å². The molecule has 6 nitrogen and oxygen atoms in total. The van der Waals surface area contributed by atoms with Crippen LogP contribution in [0.5, 0.6) is 0 Å². The minimum absolute atomic E-state index is 0.159. The predicted molar refractivity (Wildman–Crippen MR) is 40.1 cm³/mol. The molecular weight excluding hydrogens is 164 g/mol. The van der Waals surface area contributed by atoms with E-state index in [-0.39, 0.29) is 18.2 Å². The topological polar surface area (TPSA) is 81.9 Å². The maximum atomic E-state index is 10.7. The lowest BCUT2D eigenvalue weighted by atomic mass is 10.8. The molecule has 70 valence electrons. The molecule has 0 radical (unpaired) electrons. The number of hydrogen-bond acceptors (Lipinski definition) is 5. The van der Waals surface area contributed by atoms with Crippen LogP contribution in [-0.4, -0.2) is 30.4 Å². The van der Waals surface area contributed by atoms with Crippen molar-refractivity contribution in [2.75, 3.05) is 13.2 Å². The molecule has 0 spiro atoms. The highest BCUT2D eigenvalue weighted by molar-refractivity contribution is 5.86. The summed E-state index contributed by atoms with van der Waals surface area (Å²) in [6, 6.07) is 0. The van der Waals surface area contributed by atoms with Crippen LogP contribution in [0.4, 0.5) is 9.59 Å². The van der Waals surface area contributed by atoms with E-state index in [0.717, 1.165) is 0 Å². The number of amides is 2. The molecule has 0 unspecified atom stereocenters. The average Bonchev–Trinajstić information content (AvgIpc) is 2.04. The van der Waals surface area contributed by atoms with Gasteiger partial charge in [-0.3, -0.25) is 0 Å². The van der Waals surface area contributed by atoms with Gasteiger partial charge in [0.2, 0.25) is 0 Å².